The normalized spacial score (nSPS) is 27.0. The number of aliphatic hydroxyl groups excluding tert-OH is 1. The second-order valence-corrected chi connectivity index (χ2v) is 3.73. The van der Waals surface area contributed by atoms with E-state index in [2.05, 4.69) is 27.0 Å². The van der Waals surface area contributed by atoms with E-state index >= 15 is 0 Å². The van der Waals surface area contributed by atoms with Crippen LogP contribution in [0.3, 0.4) is 0 Å². The summed E-state index contributed by atoms with van der Waals surface area (Å²) in [5.74, 6) is 0.948. The van der Waals surface area contributed by atoms with Crippen molar-refractivity contribution in [2.24, 2.45) is 0 Å². The van der Waals surface area contributed by atoms with E-state index in [0.29, 0.717) is 6.54 Å². The molecule has 14 heavy (non-hydrogen) atoms. The van der Waals surface area contributed by atoms with E-state index in [9.17, 15) is 5.11 Å². The van der Waals surface area contributed by atoms with Crippen molar-refractivity contribution in [2.75, 3.05) is 6.54 Å². The van der Waals surface area contributed by atoms with Crippen molar-refractivity contribution in [3.05, 3.63) is 12.2 Å². The third-order valence-electron chi connectivity index (χ3n) is 2.53. The molecule has 1 aromatic heterocycles. The van der Waals surface area contributed by atoms with Crippen molar-refractivity contribution in [3.63, 3.8) is 0 Å². The van der Waals surface area contributed by atoms with Gasteiger partial charge in [-0.2, -0.15) is 0 Å². The fourth-order valence-electron chi connectivity index (χ4n) is 1.86. The van der Waals surface area contributed by atoms with Gasteiger partial charge in [0.15, 0.2) is 0 Å². The minimum atomic E-state index is -0.244. The smallest absolute Gasteiger partial charge is 0.150 e. The SMILES string of the molecule is CCCn1cnnc1[C@H]1C[C@@H](O)CN1. The monoisotopic (exact) mass is 196 g/mol. The summed E-state index contributed by atoms with van der Waals surface area (Å²) in [7, 11) is 0. The van der Waals surface area contributed by atoms with Gasteiger partial charge < -0.3 is 15.0 Å². The van der Waals surface area contributed by atoms with E-state index in [1.165, 1.54) is 0 Å². The topological polar surface area (TPSA) is 63.0 Å². The van der Waals surface area contributed by atoms with Gasteiger partial charge in [-0.3, -0.25) is 0 Å². The maximum atomic E-state index is 9.40. The molecule has 0 radical (unpaired) electrons. The first-order valence-corrected chi connectivity index (χ1v) is 5.10. The quantitative estimate of drug-likeness (QED) is 0.719. The Morgan fingerprint density at radius 2 is 2.57 bits per heavy atom. The zero-order chi connectivity index (χ0) is 9.97. The number of aromatic nitrogens is 3. The Kier molecular flexibility index (Phi) is 2.79. The molecule has 2 rings (SSSR count). The lowest BCUT2D eigenvalue weighted by Crippen LogP contribution is -2.18. The van der Waals surface area contributed by atoms with Crippen LogP contribution in [0.15, 0.2) is 6.33 Å². The zero-order valence-electron chi connectivity index (χ0n) is 8.35. The number of nitrogens with zero attached hydrogens (tertiary/aromatic N) is 3. The fraction of sp³-hybridized carbons (Fsp3) is 0.778. The molecule has 1 aliphatic rings. The number of nitrogens with one attached hydrogen (secondary N) is 1. The standard InChI is InChI=1S/C9H16N4O/c1-2-3-13-6-11-12-9(13)8-4-7(14)5-10-8/h6-8,10,14H,2-5H2,1H3/t7-,8-/m1/s1. The molecule has 1 aromatic rings. The summed E-state index contributed by atoms with van der Waals surface area (Å²) in [4.78, 5) is 0. The summed E-state index contributed by atoms with van der Waals surface area (Å²) in [6, 6.07) is 0.166. The maximum Gasteiger partial charge on any atom is 0.150 e. The van der Waals surface area contributed by atoms with Crippen LogP contribution in [0.4, 0.5) is 0 Å². The average Bonchev–Trinajstić information content (AvgIpc) is 2.74. The van der Waals surface area contributed by atoms with E-state index in [1.807, 2.05) is 0 Å². The number of aryl methyl sites for hydroxylation is 1. The molecule has 2 atom stereocenters. The molecule has 2 N–H and O–H groups in total. The van der Waals surface area contributed by atoms with Crippen LogP contribution in [0.2, 0.25) is 0 Å². The summed E-state index contributed by atoms with van der Waals surface area (Å²) in [6.45, 7) is 3.72. The summed E-state index contributed by atoms with van der Waals surface area (Å²) in [5, 5.41) is 20.6. The lowest BCUT2D eigenvalue weighted by atomic mass is 10.2. The van der Waals surface area contributed by atoms with Crippen molar-refractivity contribution in [1.29, 1.82) is 0 Å². The Bertz CT molecular complexity index is 299. The highest BCUT2D eigenvalue weighted by atomic mass is 16.3. The van der Waals surface area contributed by atoms with Crippen LogP contribution in [0.5, 0.6) is 0 Å². The van der Waals surface area contributed by atoms with Crippen molar-refractivity contribution in [1.82, 2.24) is 20.1 Å². The summed E-state index contributed by atoms with van der Waals surface area (Å²) >= 11 is 0. The van der Waals surface area contributed by atoms with Gasteiger partial charge in [0.05, 0.1) is 12.1 Å². The Hall–Kier alpha value is -0.940. The highest BCUT2D eigenvalue weighted by Gasteiger charge is 2.26. The van der Waals surface area contributed by atoms with Crippen LogP contribution >= 0.6 is 0 Å². The molecule has 0 bridgehead atoms. The average molecular weight is 196 g/mol. The third kappa shape index (κ3) is 1.78. The van der Waals surface area contributed by atoms with E-state index in [-0.39, 0.29) is 12.1 Å². The molecule has 0 amide bonds. The Morgan fingerprint density at radius 3 is 3.21 bits per heavy atom. The van der Waals surface area contributed by atoms with E-state index in [1.54, 1.807) is 6.33 Å². The molecule has 1 saturated heterocycles. The highest BCUT2D eigenvalue weighted by molar-refractivity contribution is 4.99. The first kappa shape index (κ1) is 9.61. The minimum Gasteiger partial charge on any atom is -0.392 e. The van der Waals surface area contributed by atoms with Crippen LogP contribution in [-0.2, 0) is 6.54 Å². The summed E-state index contributed by atoms with van der Waals surface area (Å²) in [6.07, 6.45) is 3.32. The molecule has 0 aromatic carbocycles. The van der Waals surface area contributed by atoms with Gasteiger partial charge in [0.25, 0.3) is 0 Å². The van der Waals surface area contributed by atoms with Crippen LogP contribution < -0.4 is 5.32 Å². The molecule has 78 valence electrons. The van der Waals surface area contributed by atoms with Crippen molar-refractivity contribution >= 4 is 0 Å². The first-order chi connectivity index (χ1) is 6.81. The molecule has 1 fully saturated rings. The molecule has 5 heteroatoms. The van der Waals surface area contributed by atoms with Crippen molar-refractivity contribution < 1.29 is 5.11 Å². The second-order valence-electron chi connectivity index (χ2n) is 3.73. The van der Waals surface area contributed by atoms with E-state index < -0.39 is 0 Å². The number of hydrogen-bond acceptors (Lipinski definition) is 4. The predicted molar refractivity (Wildman–Crippen MR) is 51.7 cm³/mol. The van der Waals surface area contributed by atoms with Crippen LogP contribution in [-0.4, -0.2) is 32.5 Å². The van der Waals surface area contributed by atoms with Crippen LogP contribution in [0, 0.1) is 0 Å². The molecule has 1 aliphatic heterocycles. The minimum absolute atomic E-state index is 0.166. The molecule has 0 spiro atoms. The number of β-amino-alcohol motifs (C(OH)–C–C–N with tert-alkyl or cyclic N) is 1. The van der Waals surface area contributed by atoms with E-state index in [0.717, 1.165) is 25.2 Å². The molecule has 0 saturated carbocycles. The van der Waals surface area contributed by atoms with Gasteiger partial charge in [-0.25, -0.2) is 0 Å². The van der Waals surface area contributed by atoms with E-state index in [4.69, 9.17) is 0 Å². The van der Waals surface area contributed by atoms with Crippen LogP contribution in [0.1, 0.15) is 31.6 Å². The fourth-order valence-corrected chi connectivity index (χ4v) is 1.86. The van der Waals surface area contributed by atoms with Crippen molar-refractivity contribution in [2.45, 2.75) is 38.5 Å². The molecular formula is C9H16N4O. The van der Waals surface area contributed by atoms with Gasteiger partial charge >= 0.3 is 0 Å². The number of hydrogen-bond donors (Lipinski definition) is 2. The van der Waals surface area contributed by atoms with Crippen molar-refractivity contribution in [3.8, 4) is 0 Å². The predicted octanol–water partition coefficient (Wildman–Crippen LogP) is 0.0834. The summed E-state index contributed by atoms with van der Waals surface area (Å²) in [5.41, 5.74) is 0. The third-order valence-corrected chi connectivity index (χ3v) is 2.53. The Labute approximate surface area is 83.2 Å². The van der Waals surface area contributed by atoms with Gasteiger partial charge in [0, 0.05) is 13.1 Å². The lowest BCUT2D eigenvalue weighted by Gasteiger charge is -2.10. The lowest BCUT2D eigenvalue weighted by molar-refractivity contribution is 0.192. The zero-order valence-corrected chi connectivity index (χ0v) is 8.35. The van der Waals surface area contributed by atoms with Gasteiger partial charge in [-0.1, -0.05) is 6.92 Å². The molecule has 0 unspecified atom stereocenters. The van der Waals surface area contributed by atoms with Gasteiger partial charge in [0.2, 0.25) is 0 Å². The van der Waals surface area contributed by atoms with Gasteiger partial charge in [0.1, 0.15) is 12.2 Å². The van der Waals surface area contributed by atoms with Gasteiger partial charge in [-0.15, -0.1) is 10.2 Å². The second kappa shape index (κ2) is 4.06. The molecule has 2 heterocycles. The van der Waals surface area contributed by atoms with Gasteiger partial charge in [-0.05, 0) is 12.8 Å². The molecule has 0 aliphatic carbocycles. The summed E-state index contributed by atoms with van der Waals surface area (Å²) < 4.78 is 2.05. The first-order valence-electron chi connectivity index (χ1n) is 5.10. The number of aliphatic hydroxyl groups is 1. The maximum absolute atomic E-state index is 9.40. The Morgan fingerprint density at radius 1 is 1.71 bits per heavy atom. The largest absolute Gasteiger partial charge is 0.392 e. The van der Waals surface area contributed by atoms with Crippen LogP contribution in [0.25, 0.3) is 0 Å². The Balaban J connectivity index is 2.11. The number of rotatable bonds is 3. The molecule has 5 nitrogen and oxygen atoms in total. The highest BCUT2D eigenvalue weighted by Crippen LogP contribution is 2.21. The molecular weight excluding hydrogens is 180 g/mol.